The van der Waals surface area contributed by atoms with Crippen molar-refractivity contribution in [3.8, 4) is 0 Å². The van der Waals surface area contributed by atoms with Gasteiger partial charge in [-0.3, -0.25) is 15.0 Å². The molecule has 2 aromatic heterocycles. The molecular formula is C11H9N3. The number of aromatic nitrogens is 2. The van der Waals surface area contributed by atoms with E-state index in [-0.39, 0.29) is 0 Å². The smallest absolute Gasteiger partial charge is 0.0660 e. The van der Waals surface area contributed by atoms with Gasteiger partial charge in [0.2, 0.25) is 0 Å². The van der Waals surface area contributed by atoms with Crippen molar-refractivity contribution in [2.24, 2.45) is 4.99 Å². The average molecular weight is 183 g/mol. The van der Waals surface area contributed by atoms with Crippen LogP contribution in [-0.2, 0) is 0 Å². The van der Waals surface area contributed by atoms with Gasteiger partial charge in [0.1, 0.15) is 0 Å². The third-order valence-electron chi connectivity index (χ3n) is 1.73. The Balaban J connectivity index is 2.16. The van der Waals surface area contributed by atoms with Crippen molar-refractivity contribution < 1.29 is 0 Å². The molecule has 2 rings (SSSR count). The van der Waals surface area contributed by atoms with Crippen molar-refractivity contribution in [3.05, 3.63) is 54.6 Å². The summed E-state index contributed by atoms with van der Waals surface area (Å²) in [7, 11) is 0. The fourth-order valence-corrected chi connectivity index (χ4v) is 1.03. The van der Waals surface area contributed by atoms with Crippen LogP contribution >= 0.6 is 0 Å². The second-order valence-corrected chi connectivity index (χ2v) is 2.74. The van der Waals surface area contributed by atoms with Crippen LogP contribution in [-0.4, -0.2) is 16.2 Å². The molecular weight excluding hydrogens is 174 g/mol. The molecule has 0 saturated carbocycles. The second-order valence-electron chi connectivity index (χ2n) is 2.74. The first-order valence-corrected chi connectivity index (χ1v) is 4.29. The first kappa shape index (κ1) is 8.56. The van der Waals surface area contributed by atoms with E-state index in [0.717, 1.165) is 11.3 Å². The van der Waals surface area contributed by atoms with Crippen LogP contribution in [0.25, 0.3) is 0 Å². The number of nitrogens with zero attached hydrogens (tertiary/aromatic N) is 3. The van der Waals surface area contributed by atoms with Gasteiger partial charge in [-0.2, -0.15) is 0 Å². The highest BCUT2D eigenvalue weighted by Crippen LogP contribution is 2.07. The molecule has 0 atom stereocenters. The van der Waals surface area contributed by atoms with E-state index in [1.807, 2.05) is 24.3 Å². The van der Waals surface area contributed by atoms with Crippen LogP contribution in [0.2, 0.25) is 0 Å². The highest BCUT2D eigenvalue weighted by Gasteiger charge is 1.86. The van der Waals surface area contributed by atoms with E-state index in [2.05, 4.69) is 15.0 Å². The van der Waals surface area contributed by atoms with Crippen molar-refractivity contribution in [1.82, 2.24) is 9.97 Å². The van der Waals surface area contributed by atoms with E-state index in [9.17, 15) is 0 Å². The summed E-state index contributed by atoms with van der Waals surface area (Å²) < 4.78 is 0. The maximum absolute atomic E-state index is 4.28. The summed E-state index contributed by atoms with van der Waals surface area (Å²) in [4.78, 5) is 12.1. The Morgan fingerprint density at radius 3 is 2.07 bits per heavy atom. The van der Waals surface area contributed by atoms with Crippen LogP contribution in [0.4, 0.5) is 5.69 Å². The standard InChI is InChI=1S/C11H9N3/c1-5-12-6-2-10(1)9-14-11-3-7-13-8-4-11/h1-9H. The van der Waals surface area contributed by atoms with Gasteiger partial charge in [-0.25, -0.2) is 0 Å². The molecule has 0 saturated heterocycles. The van der Waals surface area contributed by atoms with E-state index >= 15 is 0 Å². The molecule has 0 aliphatic heterocycles. The minimum atomic E-state index is 0.900. The molecule has 2 heterocycles. The Labute approximate surface area is 82.2 Å². The van der Waals surface area contributed by atoms with Crippen molar-refractivity contribution in [2.75, 3.05) is 0 Å². The molecule has 0 aliphatic carbocycles. The monoisotopic (exact) mass is 183 g/mol. The highest BCUT2D eigenvalue weighted by atomic mass is 14.7. The minimum absolute atomic E-state index is 0.900. The molecule has 0 unspecified atom stereocenters. The Hall–Kier alpha value is -2.03. The molecule has 2 aromatic rings. The maximum atomic E-state index is 4.28. The topological polar surface area (TPSA) is 38.1 Å². The first-order chi connectivity index (χ1) is 6.95. The average Bonchev–Trinajstić information content (AvgIpc) is 2.29. The molecule has 14 heavy (non-hydrogen) atoms. The number of hydrogen-bond acceptors (Lipinski definition) is 3. The molecule has 0 aliphatic rings. The van der Waals surface area contributed by atoms with Crippen molar-refractivity contribution >= 4 is 11.9 Å². The minimum Gasteiger partial charge on any atom is -0.265 e. The van der Waals surface area contributed by atoms with Gasteiger partial charge in [0.25, 0.3) is 0 Å². The summed E-state index contributed by atoms with van der Waals surface area (Å²) in [6.07, 6.45) is 8.73. The molecule has 0 fully saturated rings. The Morgan fingerprint density at radius 2 is 1.43 bits per heavy atom. The third-order valence-corrected chi connectivity index (χ3v) is 1.73. The van der Waals surface area contributed by atoms with E-state index in [1.54, 1.807) is 31.0 Å². The zero-order valence-electron chi connectivity index (χ0n) is 7.54. The van der Waals surface area contributed by atoms with Gasteiger partial charge in [0, 0.05) is 31.0 Å². The Bertz CT molecular complexity index is 368. The molecule has 0 amide bonds. The lowest BCUT2D eigenvalue weighted by molar-refractivity contribution is 1.31. The number of aliphatic imine (C=N–C) groups is 1. The summed E-state index contributed by atoms with van der Waals surface area (Å²) in [5.41, 5.74) is 1.94. The number of pyridine rings is 2. The molecule has 0 aromatic carbocycles. The predicted octanol–water partition coefficient (Wildman–Crippen LogP) is 2.23. The lowest BCUT2D eigenvalue weighted by atomic mass is 10.3. The molecule has 0 radical (unpaired) electrons. The number of hydrogen-bond donors (Lipinski definition) is 0. The lowest BCUT2D eigenvalue weighted by Crippen LogP contribution is -1.79. The molecule has 3 nitrogen and oxygen atoms in total. The van der Waals surface area contributed by atoms with E-state index in [4.69, 9.17) is 0 Å². The van der Waals surface area contributed by atoms with Crippen molar-refractivity contribution in [3.63, 3.8) is 0 Å². The summed E-state index contributed by atoms with van der Waals surface area (Å²) in [5.74, 6) is 0. The third kappa shape index (κ3) is 2.23. The summed E-state index contributed by atoms with van der Waals surface area (Å²) in [6, 6.07) is 7.53. The quantitative estimate of drug-likeness (QED) is 0.669. The lowest BCUT2D eigenvalue weighted by Gasteiger charge is -1.91. The van der Waals surface area contributed by atoms with Gasteiger partial charge in [-0.05, 0) is 29.8 Å². The Morgan fingerprint density at radius 1 is 0.857 bits per heavy atom. The van der Waals surface area contributed by atoms with E-state index < -0.39 is 0 Å². The van der Waals surface area contributed by atoms with Crippen molar-refractivity contribution in [1.29, 1.82) is 0 Å². The zero-order valence-corrected chi connectivity index (χ0v) is 7.54. The van der Waals surface area contributed by atoms with Crippen LogP contribution in [0.15, 0.2) is 54.0 Å². The fourth-order valence-electron chi connectivity index (χ4n) is 1.03. The van der Waals surface area contributed by atoms with Gasteiger partial charge < -0.3 is 0 Å². The molecule has 0 bridgehead atoms. The van der Waals surface area contributed by atoms with Gasteiger partial charge in [-0.1, -0.05) is 0 Å². The van der Waals surface area contributed by atoms with Crippen molar-refractivity contribution in [2.45, 2.75) is 0 Å². The zero-order chi connectivity index (χ0) is 9.64. The van der Waals surface area contributed by atoms with Gasteiger partial charge in [0.15, 0.2) is 0 Å². The molecule has 0 spiro atoms. The summed E-state index contributed by atoms with van der Waals surface area (Å²) >= 11 is 0. The van der Waals surface area contributed by atoms with Crippen LogP contribution in [0.3, 0.4) is 0 Å². The molecule has 0 N–H and O–H groups in total. The summed E-state index contributed by atoms with van der Waals surface area (Å²) in [5, 5.41) is 0. The predicted molar refractivity (Wildman–Crippen MR) is 55.7 cm³/mol. The van der Waals surface area contributed by atoms with Crippen LogP contribution in [0.5, 0.6) is 0 Å². The molecule has 3 heteroatoms. The molecule has 68 valence electrons. The summed E-state index contributed by atoms with van der Waals surface area (Å²) in [6.45, 7) is 0. The largest absolute Gasteiger partial charge is 0.265 e. The van der Waals surface area contributed by atoms with Crippen LogP contribution < -0.4 is 0 Å². The maximum Gasteiger partial charge on any atom is 0.0660 e. The number of rotatable bonds is 2. The normalized spacial score (nSPS) is 10.6. The van der Waals surface area contributed by atoms with Gasteiger partial charge in [0.05, 0.1) is 5.69 Å². The van der Waals surface area contributed by atoms with Crippen LogP contribution in [0, 0.1) is 0 Å². The second kappa shape index (κ2) is 4.28. The van der Waals surface area contributed by atoms with E-state index in [0.29, 0.717) is 0 Å². The SMILES string of the molecule is C(=Nc1ccncc1)c1ccncc1. The highest BCUT2D eigenvalue weighted by molar-refractivity contribution is 5.81. The van der Waals surface area contributed by atoms with Crippen LogP contribution in [0.1, 0.15) is 5.56 Å². The van der Waals surface area contributed by atoms with Gasteiger partial charge >= 0.3 is 0 Å². The fraction of sp³-hybridized carbons (Fsp3) is 0. The Kier molecular flexibility index (Phi) is 2.62. The van der Waals surface area contributed by atoms with Gasteiger partial charge in [-0.15, -0.1) is 0 Å². The first-order valence-electron chi connectivity index (χ1n) is 4.29. The van der Waals surface area contributed by atoms with E-state index in [1.165, 1.54) is 0 Å².